The highest BCUT2D eigenvalue weighted by atomic mass is 16.5. The van der Waals surface area contributed by atoms with Gasteiger partial charge in [0.05, 0.1) is 32.8 Å². The number of carbonyl (C=O) groups is 1. The van der Waals surface area contributed by atoms with E-state index in [1.54, 1.807) is 7.11 Å². The van der Waals surface area contributed by atoms with Crippen LogP contribution >= 0.6 is 0 Å². The number of ether oxygens (including phenoxy) is 2. The van der Waals surface area contributed by atoms with E-state index in [9.17, 15) is 4.79 Å². The fraction of sp³-hybridized carbons (Fsp3) is 0.409. The maximum absolute atomic E-state index is 12.5. The summed E-state index contributed by atoms with van der Waals surface area (Å²) < 4.78 is 10.7. The summed E-state index contributed by atoms with van der Waals surface area (Å²) in [7, 11) is 1.64. The second kappa shape index (κ2) is 9.53. The van der Waals surface area contributed by atoms with Gasteiger partial charge in [0.1, 0.15) is 5.75 Å². The van der Waals surface area contributed by atoms with Crippen LogP contribution in [0, 0.1) is 6.92 Å². The fourth-order valence-electron chi connectivity index (χ4n) is 3.43. The van der Waals surface area contributed by atoms with Gasteiger partial charge in [0.15, 0.2) is 0 Å². The summed E-state index contributed by atoms with van der Waals surface area (Å²) in [5.74, 6) is 0.831. The highest BCUT2D eigenvalue weighted by Crippen LogP contribution is 2.22. The molecule has 0 bridgehead atoms. The number of aryl methyl sites for hydroxylation is 1. The Morgan fingerprint density at radius 3 is 2.59 bits per heavy atom. The molecule has 1 atom stereocenters. The lowest BCUT2D eigenvalue weighted by Crippen LogP contribution is -2.44. The fourth-order valence-corrected chi connectivity index (χ4v) is 3.43. The Labute approximate surface area is 161 Å². The van der Waals surface area contributed by atoms with Gasteiger partial charge in [-0.05, 0) is 30.2 Å². The van der Waals surface area contributed by atoms with Crippen molar-refractivity contribution < 1.29 is 14.3 Å². The van der Waals surface area contributed by atoms with Gasteiger partial charge in [0.25, 0.3) is 0 Å². The Bertz CT molecular complexity index is 739. The van der Waals surface area contributed by atoms with Gasteiger partial charge in [-0.1, -0.05) is 42.0 Å². The summed E-state index contributed by atoms with van der Waals surface area (Å²) >= 11 is 0. The molecule has 27 heavy (non-hydrogen) atoms. The second-order valence-corrected chi connectivity index (χ2v) is 6.91. The molecule has 5 nitrogen and oxygen atoms in total. The Kier molecular flexibility index (Phi) is 6.85. The lowest BCUT2D eigenvalue weighted by atomic mass is 10.0. The van der Waals surface area contributed by atoms with Crippen molar-refractivity contribution in [3.05, 3.63) is 65.2 Å². The van der Waals surface area contributed by atoms with Gasteiger partial charge < -0.3 is 14.8 Å². The van der Waals surface area contributed by atoms with E-state index in [2.05, 4.69) is 41.4 Å². The summed E-state index contributed by atoms with van der Waals surface area (Å²) in [4.78, 5) is 14.9. The van der Waals surface area contributed by atoms with Gasteiger partial charge >= 0.3 is 0 Å². The molecule has 2 aromatic carbocycles. The van der Waals surface area contributed by atoms with Gasteiger partial charge in [-0.15, -0.1) is 0 Å². The number of hydrogen-bond acceptors (Lipinski definition) is 4. The molecule has 0 spiro atoms. The van der Waals surface area contributed by atoms with E-state index in [1.165, 1.54) is 11.1 Å². The monoisotopic (exact) mass is 368 g/mol. The minimum absolute atomic E-state index is 0.0334. The highest BCUT2D eigenvalue weighted by molar-refractivity contribution is 5.78. The average Bonchev–Trinajstić information content (AvgIpc) is 2.70. The van der Waals surface area contributed by atoms with Crippen LogP contribution in [0.15, 0.2) is 48.5 Å². The number of morpholine rings is 1. The van der Waals surface area contributed by atoms with Crippen molar-refractivity contribution in [2.24, 2.45) is 0 Å². The molecule has 1 fully saturated rings. The second-order valence-electron chi connectivity index (χ2n) is 6.91. The van der Waals surface area contributed by atoms with E-state index >= 15 is 0 Å². The first-order chi connectivity index (χ1) is 13.2. The van der Waals surface area contributed by atoms with Crippen LogP contribution in [0.1, 0.15) is 22.7 Å². The molecule has 0 aromatic heterocycles. The van der Waals surface area contributed by atoms with Crippen molar-refractivity contribution in [2.45, 2.75) is 19.4 Å². The minimum atomic E-state index is 0.0334. The molecule has 1 N–H and O–H groups in total. The van der Waals surface area contributed by atoms with E-state index in [-0.39, 0.29) is 11.9 Å². The lowest BCUT2D eigenvalue weighted by molar-refractivity contribution is -0.120. The van der Waals surface area contributed by atoms with Crippen molar-refractivity contribution in [2.75, 3.05) is 40.0 Å². The average molecular weight is 368 g/mol. The summed E-state index contributed by atoms with van der Waals surface area (Å²) in [5, 5.41) is 3.12. The normalized spacial score (nSPS) is 15.9. The molecule has 0 radical (unpaired) electrons. The van der Waals surface area contributed by atoms with Crippen molar-refractivity contribution in [1.82, 2.24) is 10.2 Å². The summed E-state index contributed by atoms with van der Waals surface area (Å²) in [6.45, 7) is 5.94. The molecule has 1 unspecified atom stereocenters. The maximum Gasteiger partial charge on any atom is 0.224 e. The number of carbonyl (C=O) groups excluding carboxylic acids is 1. The van der Waals surface area contributed by atoms with Crippen molar-refractivity contribution >= 4 is 5.91 Å². The molecule has 5 heteroatoms. The Morgan fingerprint density at radius 1 is 1.19 bits per heavy atom. The number of methoxy groups -OCH3 is 1. The van der Waals surface area contributed by atoms with Crippen molar-refractivity contribution in [3.63, 3.8) is 0 Å². The predicted octanol–water partition coefficient (Wildman–Crippen LogP) is 2.74. The van der Waals surface area contributed by atoms with Crippen LogP contribution in [0.5, 0.6) is 5.75 Å². The first kappa shape index (κ1) is 19.4. The Morgan fingerprint density at radius 2 is 1.93 bits per heavy atom. The number of rotatable bonds is 7. The zero-order valence-electron chi connectivity index (χ0n) is 16.1. The molecule has 2 aromatic rings. The number of amides is 1. The molecule has 1 saturated heterocycles. The van der Waals surface area contributed by atoms with E-state index in [0.717, 1.165) is 37.6 Å². The van der Waals surface area contributed by atoms with Crippen LogP contribution in [0.3, 0.4) is 0 Å². The first-order valence-corrected chi connectivity index (χ1v) is 9.43. The van der Waals surface area contributed by atoms with E-state index in [4.69, 9.17) is 9.47 Å². The van der Waals surface area contributed by atoms with Crippen molar-refractivity contribution in [3.8, 4) is 5.75 Å². The number of nitrogens with one attached hydrogen (secondary N) is 1. The van der Waals surface area contributed by atoms with Gasteiger partial charge in [-0.3, -0.25) is 9.69 Å². The highest BCUT2D eigenvalue weighted by Gasteiger charge is 2.23. The third-order valence-electron chi connectivity index (χ3n) is 4.93. The lowest BCUT2D eigenvalue weighted by Gasteiger charge is -2.35. The van der Waals surface area contributed by atoms with Crippen LogP contribution in [-0.4, -0.2) is 50.8 Å². The predicted molar refractivity (Wildman–Crippen MR) is 106 cm³/mol. The molecular weight excluding hydrogens is 340 g/mol. The summed E-state index contributed by atoms with van der Waals surface area (Å²) in [6.07, 6.45) is 0.369. The summed E-state index contributed by atoms with van der Waals surface area (Å²) in [5.41, 5.74) is 3.45. The SMILES string of the molecule is COc1ccc(CC(=O)NCC(c2cccc(C)c2)N2CCOCC2)cc1. The topological polar surface area (TPSA) is 50.8 Å². The standard InChI is InChI=1S/C22H28N2O3/c1-17-4-3-5-19(14-17)21(24-10-12-27-13-11-24)16-23-22(25)15-18-6-8-20(26-2)9-7-18/h3-9,14,21H,10-13,15-16H2,1-2H3,(H,23,25). The Hall–Kier alpha value is -2.37. The molecule has 0 saturated carbocycles. The van der Waals surface area contributed by atoms with Crippen LogP contribution < -0.4 is 10.1 Å². The number of nitrogens with zero attached hydrogens (tertiary/aromatic N) is 1. The first-order valence-electron chi connectivity index (χ1n) is 9.43. The zero-order valence-corrected chi connectivity index (χ0v) is 16.1. The molecule has 0 aliphatic carbocycles. The van der Waals surface area contributed by atoms with E-state index in [0.29, 0.717) is 13.0 Å². The largest absolute Gasteiger partial charge is 0.497 e. The van der Waals surface area contributed by atoms with Gasteiger partial charge in [0.2, 0.25) is 5.91 Å². The molecule has 1 aliphatic heterocycles. The molecule has 1 aliphatic rings. The van der Waals surface area contributed by atoms with Crippen molar-refractivity contribution in [1.29, 1.82) is 0 Å². The van der Waals surface area contributed by atoms with Crippen LogP contribution in [0.2, 0.25) is 0 Å². The Balaban J connectivity index is 1.63. The maximum atomic E-state index is 12.5. The number of hydrogen-bond donors (Lipinski definition) is 1. The molecule has 3 rings (SSSR count). The van der Waals surface area contributed by atoms with E-state index < -0.39 is 0 Å². The van der Waals surface area contributed by atoms with Crippen LogP contribution in [0.25, 0.3) is 0 Å². The molecule has 1 amide bonds. The molecule has 1 heterocycles. The number of benzene rings is 2. The van der Waals surface area contributed by atoms with Gasteiger partial charge in [0, 0.05) is 19.6 Å². The minimum Gasteiger partial charge on any atom is -0.497 e. The van der Waals surface area contributed by atoms with Crippen LogP contribution in [-0.2, 0) is 16.0 Å². The summed E-state index contributed by atoms with van der Waals surface area (Å²) in [6, 6.07) is 16.3. The van der Waals surface area contributed by atoms with Crippen LogP contribution in [0.4, 0.5) is 0 Å². The van der Waals surface area contributed by atoms with E-state index in [1.807, 2.05) is 24.3 Å². The van der Waals surface area contributed by atoms with Gasteiger partial charge in [-0.25, -0.2) is 0 Å². The smallest absolute Gasteiger partial charge is 0.224 e. The third-order valence-corrected chi connectivity index (χ3v) is 4.93. The van der Waals surface area contributed by atoms with Gasteiger partial charge in [-0.2, -0.15) is 0 Å². The quantitative estimate of drug-likeness (QED) is 0.816. The third kappa shape index (κ3) is 5.55. The molecule has 144 valence electrons. The molecular formula is C22H28N2O3. The zero-order chi connectivity index (χ0) is 19.1.